The lowest BCUT2D eigenvalue weighted by molar-refractivity contribution is -0.0355. The number of hydrogen-bond donors (Lipinski definition) is 3. The minimum atomic E-state index is -1.38. The number of aromatic nitrogens is 2. The molecule has 1 aliphatic rings. The third kappa shape index (κ3) is 3.29. The summed E-state index contributed by atoms with van der Waals surface area (Å²) in [6.07, 6.45) is -3.75. The Morgan fingerprint density at radius 2 is 2.23 bits per heavy atom. The quantitative estimate of drug-likeness (QED) is 0.729. The standard InChI is InChI=1S/C12H16FN3O5S/c1-3-22-12(20)15-9-6(13)4-16(11(19)14-9)10-8(18)7(17)5(2)21-10/h4-5,7-8,10,17-18H,3H2,1-2H3,(H,14,15,19,20)/t5-,7-,8-,10-/m1/s1. The highest BCUT2D eigenvalue weighted by Gasteiger charge is 2.42. The minimum absolute atomic E-state index is 0.488. The zero-order valence-corrected chi connectivity index (χ0v) is 12.7. The Hall–Kier alpha value is -1.49. The Bertz CT molecular complexity index is 625. The maximum atomic E-state index is 14.0. The molecule has 22 heavy (non-hydrogen) atoms. The number of thioether (sulfide) groups is 1. The molecule has 1 amide bonds. The maximum Gasteiger partial charge on any atom is 0.351 e. The molecular weight excluding hydrogens is 317 g/mol. The number of halogens is 1. The number of amides is 1. The second kappa shape index (κ2) is 6.73. The van der Waals surface area contributed by atoms with Crippen LogP contribution in [0, 0.1) is 5.82 Å². The third-order valence-electron chi connectivity index (χ3n) is 3.15. The zero-order chi connectivity index (χ0) is 16.4. The second-order valence-electron chi connectivity index (χ2n) is 4.69. The van der Waals surface area contributed by atoms with Crippen LogP contribution in [0.5, 0.6) is 0 Å². The van der Waals surface area contributed by atoms with E-state index < -0.39 is 47.1 Å². The molecule has 4 atom stereocenters. The molecule has 1 aliphatic heterocycles. The van der Waals surface area contributed by atoms with E-state index in [1.165, 1.54) is 6.92 Å². The van der Waals surface area contributed by atoms with Gasteiger partial charge in [0.2, 0.25) is 0 Å². The zero-order valence-electron chi connectivity index (χ0n) is 11.9. The SMILES string of the molecule is CCSC(=O)Nc1nc(=O)n([C@@H]2O[C@H](C)[C@@H](O)[C@H]2O)cc1F. The lowest BCUT2D eigenvalue weighted by Crippen LogP contribution is -2.36. The van der Waals surface area contributed by atoms with Crippen molar-refractivity contribution in [2.45, 2.75) is 38.4 Å². The lowest BCUT2D eigenvalue weighted by Gasteiger charge is -2.17. The Labute approximate surface area is 129 Å². The molecule has 0 radical (unpaired) electrons. The highest BCUT2D eigenvalue weighted by atomic mass is 32.2. The third-order valence-corrected chi connectivity index (χ3v) is 3.81. The average molecular weight is 333 g/mol. The van der Waals surface area contributed by atoms with E-state index in [1.54, 1.807) is 6.92 Å². The molecule has 2 rings (SSSR count). The van der Waals surface area contributed by atoms with Crippen molar-refractivity contribution in [3.8, 4) is 0 Å². The van der Waals surface area contributed by atoms with E-state index in [9.17, 15) is 24.2 Å². The first-order valence-electron chi connectivity index (χ1n) is 6.59. The van der Waals surface area contributed by atoms with Crippen LogP contribution >= 0.6 is 11.8 Å². The summed E-state index contributed by atoms with van der Waals surface area (Å²) < 4.78 is 19.9. The molecule has 0 aromatic carbocycles. The van der Waals surface area contributed by atoms with Crippen LogP contribution in [-0.2, 0) is 4.74 Å². The molecule has 1 aromatic heterocycles. The van der Waals surface area contributed by atoms with Crippen molar-refractivity contribution in [2.75, 3.05) is 11.1 Å². The Morgan fingerprint density at radius 3 is 2.77 bits per heavy atom. The molecule has 1 aromatic rings. The van der Waals surface area contributed by atoms with Gasteiger partial charge in [-0.3, -0.25) is 14.7 Å². The van der Waals surface area contributed by atoms with Crippen molar-refractivity contribution >= 4 is 22.8 Å². The number of aliphatic hydroxyl groups is 2. The first-order valence-corrected chi connectivity index (χ1v) is 7.57. The van der Waals surface area contributed by atoms with E-state index in [2.05, 4.69) is 10.3 Å². The van der Waals surface area contributed by atoms with Crippen LogP contribution in [0.3, 0.4) is 0 Å². The molecule has 0 spiro atoms. The van der Waals surface area contributed by atoms with Gasteiger partial charge in [0, 0.05) is 0 Å². The molecule has 0 saturated carbocycles. The molecule has 2 heterocycles. The molecule has 8 nitrogen and oxygen atoms in total. The molecule has 122 valence electrons. The molecule has 3 N–H and O–H groups in total. The van der Waals surface area contributed by atoms with Crippen LogP contribution in [-0.4, -0.2) is 49.1 Å². The van der Waals surface area contributed by atoms with E-state index in [4.69, 9.17) is 4.74 Å². The van der Waals surface area contributed by atoms with Crippen molar-refractivity contribution in [1.82, 2.24) is 9.55 Å². The summed E-state index contributed by atoms with van der Waals surface area (Å²) in [7, 11) is 0. The normalized spacial score (nSPS) is 27.9. The summed E-state index contributed by atoms with van der Waals surface area (Å²) in [5.74, 6) is -0.953. The van der Waals surface area contributed by atoms with Gasteiger partial charge in [0.25, 0.3) is 5.24 Å². The van der Waals surface area contributed by atoms with Crippen LogP contribution in [0.15, 0.2) is 11.0 Å². The fourth-order valence-corrected chi connectivity index (χ4v) is 2.47. The molecule has 0 unspecified atom stereocenters. The summed E-state index contributed by atoms with van der Waals surface area (Å²) in [6.45, 7) is 3.26. The van der Waals surface area contributed by atoms with E-state index in [0.717, 1.165) is 22.5 Å². The summed E-state index contributed by atoms with van der Waals surface area (Å²) in [4.78, 5) is 26.8. The van der Waals surface area contributed by atoms with Crippen LogP contribution in [0.1, 0.15) is 20.1 Å². The monoisotopic (exact) mass is 333 g/mol. The smallest absolute Gasteiger partial charge is 0.351 e. The first-order chi connectivity index (χ1) is 10.3. The van der Waals surface area contributed by atoms with Crippen LogP contribution in [0.4, 0.5) is 15.0 Å². The highest BCUT2D eigenvalue weighted by Crippen LogP contribution is 2.28. The lowest BCUT2D eigenvalue weighted by atomic mass is 10.1. The van der Waals surface area contributed by atoms with Gasteiger partial charge in [-0.1, -0.05) is 18.7 Å². The van der Waals surface area contributed by atoms with Crippen molar-refractivity contribution in [3.63, 3.8) is 0 Å². The Morgan fingerprint density at radius 1 is 1.55 bits per heavy atom. The topological polar surface area (TPSA) is 114 Å². The number of rotatable bonds is 3. The number of aliphatic hydroxyl groups excluding tert-OH is 2. The van der Waals surface area contributed by atoms with E-state index >= 15 is 0 Å². The summed E-state index contributed by atoms with van der Waals surface area (Å²) in [6, 6.07) is 0. The van der Waals surface area contributed by atoms with Crippen molar-refractivity contribution in [1.29, 1.82) is 0 Å². The summed E-state index contributed by atoms with van der Waals surface area (Å²) in [5.41, 5.74) is -0.913. The molecule has 1 fully saturated rings. The summed E-state index contributed by atoms with van der Waals surface area (Å²) in [5, 5.41) is 21.1. The molecular formula is C12H16FN3O5S. The van der Waals surface area contributed by atoms with Crippen LogP contribution in [0.25, 0.3) is 0 Å². The van der Waals surface area contributed by atoms with Crippen LogP contribution < -0.4 is 11.0 Å². The predicted molar refractivity (Wildman–Crippen MR) is 77.2 cm³/mol. The molecule has 0 bridgehead atoms. The Kier molecular flexibility index (Phi) is 5.16. The second-order valence-corrected chi connectivity index (χ2v) is 5.92. The van der Waals surface area contributed by atoms with E-state index in [-0.39, 0.29) is 0 Å². The number of hydrogen-bond acceptors (Lipinski definition) is 7. The average Bonchev–Trinajstić information content (AvgIpc) is 2.70. The van der Waals surface area contributed by atoms with Gasteiger partial charge in [0.05, 0.1) is 12.3 Å². The number of carbonyl (C=O) groups excluding carboxylic acids is 1. The summed E-state index contributed by atoms with van der Waals surface area (Å²) >= 11 is 0.908. The molecule has 1 saturated heterocycles. The van der Waals surface area contributed by atoms with Gasteiger partial charge in [-0.05, 0) is 12.7 Å². The maximum absolute atomic E-state index is 14.0. The van der Waals surface area contributed by atoms with Crippen molar-refractivity contribution in [3.05, 3.63) is 22.5 Å². The number of nitrogens with one attached hydrogen (secondary N) is 1. The van der Waals surface area contributed by atoms with E-state index in [0.29, 0.717) is 5.75 Å². The first kappa shape index (κ1) is 16.9. The molecule has 0 aliphatic carbocycles. The predicted octanol–water partition coefficient (Wildman–Crippen LogP) is 0.306. The fourth-order valence-electron chi connectivity index (χ4n) is 2.04. The largest absolute Gasteiger partial charge is 0.388 e. The Balaban J connectivity index is 2.27. The fraction of sp³-hybridized carbons (Fsp3) is 0.583. The van der Waals surface area contributed by atoms with Gasteiger partial charge in [-0.15, -0.1) is 0 Å². The van der Waals surface area contributed by atoms with Gasteiger partial charge in [-0.2, -0.15) is 4.98 Å². The number of carbonyl (C=O) groups is 1. The van der Waals surface area contributed by atoms with Gasteiger partial charge in [-0.25, -0.2) is 9.18 Å². The van der Waals surface area contributed by atoms with E-state index in [1.807, 2.05) is 0 Å². The van der Waals surface area contributed by atoms with Crippen LogP contribution in [0.2, 0.25) is 0 Å². The van der Waals surface area contributed by atoms with Crippen molar-refractivity contribution < 1.29 is 24.1 Å². The number of ether oxygens (including phenoxy) is 1. The van der Waals surface area contributed by atoms with Gasteiger partial charge < -0.3 is 14.9 Å². The molecule has 10 heteroatoms. The van der Waals surface area contributed by atoms with Gasteiger partial charge >= 0.3 is 5.69 Å². The van der Waals surface area contributed by atoms with Gasteiger partial charge in [0.15, 0.2) is 17.9 Å². The van der Waals surface area contributed by atoms with Crippen molar-refractivity contribution in [2.24, 2.45) is 0 Å². The number of nitrogens with zero attached hydrogens (tertiary/aromatic N) is 2. The minimum Gasteiger partial charge on any atom is -0.388 e. The highest BCUT2D eigenvalue weighted by molar-refractivity contribution is 8.13. The van der Waals surface area contributed by atoms with Gasteiger partial charge in [0.1, 0.15) is 12.2 Å². The number of anilines is 1.